The first-order valence-corrected chi connectivity index (χ1v) is 7.37. The minimum absolute atomic E-state index is 0.0492. The molecule has 0 unspecified atom stereocenters. The first-order chi connectivity index (χ1) is 9.63. The van der Waals surface area contributed by atoms with Crippen LogP contribution in [0.3, 0.4) is 0 Å². The molecule has 0 aliphatic heterocycles. The number of carbonyl (C=O) groups is 1. The van der Waals surface area contributed by atoms with Crippen molar-refractivity contribution in [3.8, 4) is 0 Å². The van der Waals surface area contributed by atoms with Gasteiger partial charge in [-0.1, -0.05) is 19.8 Å². The Balaban J connectivity index is 2.12. The minimum atomic E-state index is 0.0492. The van der Waals surface area contributed by atoms with E-state index in [0.717, 1.165) is 25.1 Å². The van der Waals surface area contributed by atoms with Gasteiger partial charge < -0.3 is 10.3 Å². The minimum Gasteiger partial charge on any atom is -0.341 e. The third-order valence-electron chi connectivity index (χ3n) is 3.88. The lowest BCUT2D eigenvalue weighted by atomic mass is 9.85. The summed E-state index contributed by atoms with van der Waals surface area (Å²) in [6.45, 7) is 2.93. The van der Waals surface area contributed by atoms with E-state index >= 15 is 0 Å². The predicted molar refractivity (Wildman–Crippen MR) is 80.3 cm³/mol. The van der Waals surface area contributed by atoms with E-state index in [-0.39, 0.29) is 5.91 Å². The molecule has 5 heteroatoms. The number of nitrogens with two attached hydrogens (primary N) is 1. The number of nitrogen functional groups attached to an aromatic ring is 1. The van der Waals surface area contributed by atoms with Gasteiger partial charge in [-0.3, -0.25) is 4.79 Å². The van der Waals surface area contributed by atoms with E-state index in [9.17, 15) is 4.79 Å². The highest BCUT2D eigenvalue weighted by molar-refractivity contribution is 5.94. The van der Waals surface area contributed by atoms with Gasteiger partial charge in [0, 0.05) is 24.8 Å². The molecule has 1 amide bonds. The Bertz CT molecular complexity index is 471. The van der Waals surface area contributed by atoms with Crippen LogP contribution in [-0.4, -0.2) is 29.4 Å². The first-order valence-electron chi connectivity index (χ1n) is 7.37. The largest absolute Gasteiger partial charge is 0.341 e. The van der Waals surface area contributed by atoms with E-state index in [1.807, 2.05) is 18.0 Å². The SMILES string of the molecule is CCCc1cc(C(=O)N(C)CC2CCC2)cc(NN)n1. The summed E-state index contributed by atoms with van der Waals surface area (Å²) in [5.74, 6) is 6.71. The normalized spacial score (nSPS) is 14.8. The number of pyridine rings is 1. The summed E-state index contributed by atoms with van der Waals surface area (Å²) in [4.78, 5) is 18.7. The maximum atomic E-state index is 12.5. The van der Waals surface area contributed by atoms with Gasteiger partial charge in [-0.15, -0.1) is 0 Å². The second-order valence-corrected chi connectivity index (χ2v) is 5.61. The number of nitrogens with one attached hydrogen (secondary N) is 1. The van der Waals surface area contributed by atoms with E-state index in [1.165, 1.54) is 19.3 Å². The molecule has 1 aromatic heterocycles. The molecule has 2 rings (SSSR count). The molecule has 1 saturated carbocycles. The molecule has 1 aliphatic rings. The van der Waals surface area contributed by atoms with Gasteiger partial charge in [0.05, 0.1) is 0 Å². The summed E-state index contributed by atoms with van der Waals surface area (Å²) < 4.78 is 0. The van der Waals surface area contributed by atoms with Gasteiger partial charge >= 0.3 is 0 Å². The van der Waals surface area contributed by atoms with E-state index < -0.39 is 0 Å². The zero-order valence-corrected chi connectivity index (χ0v) is 12.4. The first kappa shape index (κ1) is 14.8. The van der Waals surface area contributed by atoms with Crippen molar-refractivity contribution in [2.24, 2.45) is 11.8 Å². The van der Waals surface area contributed by atoms with Crippen LogP contribution < -0.4 is 11.3 Å². The molecule has 3 N–H and O–H groups in total. The van der Waals surface area contributed by atoms with Crippen molar-refractivity contribution in [1.29, 1.82) is 0 Å². The number of nitrogens with zero attached hydrogens (tertiary/aromatic N) is 2. The van der Waals surface area contributed by atoms with Gasteiger partial charge in [-0.05, 0) is 37.3 Å². The Morgan fingerprint density at radius 2 is 2.25 bits per heavy atom. The quantitative estimate of drug-likeness (QED) is 0.617. The molecular formula is C15H24N4O. The second-order valence-electron chi connectivity index (χ2n) is 5.61. The molecule has 0 saturated heterocycles. The van der Waals surface area contributed by atoms with Crippen LogP contribution in [0, 0.1) is 5.92 Å². The zero-order valence-electron chi connectivity index (χ0n) is 12.4. The van der Waals surface area contributed by atoms with E-state index in [4.69, 9.17) is 5.84 Å². The molecule has 0 bridgehead atoms. The highest BCUT2D eigenvalue weighted by Crippen LogP contribution is 2.27. The number of hydrogen-bond donors (Lipinski definition) is 2. The van der Waals surface area contributed by atoms with Gasteiger partial charge in [0.1, 0.15) is 5.82 Å². The van der Waals surface area contributed by atoms with Crippen LogP contribution in [0.2, 0.25) is 0 Å². The highest BCUT2D eigenvalue weighted by atomic mass is 16.2. The number of amides is 1. The van der Waals surface area contributed by atoms with Crippen molar-refractivity contribution in [1.82, 2.24) is 9.88 Å². The molecule has 1 aromatic rings. The van der Waals surface area contributed by atoms with Crippen molar-refractivity contribution in [2.75, 3.05) is 19.0 Å². The van der Waals surface area contributed by atoms with Crippen LogP contribution in [0.4, 0.5) is 5.82 Å². The van der Waals surface area contributed by atoms with Crippen LogP contribution in [0.1, 0.15) is 48.7 Å². The zero-order chi connectivity index (χ0) is 14.5. The Kier molecular flexibility index (Phi) is 4.95. The molecule has 0 atom stereocenters. The number of hydrogen-bond acceptors (Lipinski definition) is 4. The number of carbonyl (C=O) groups excluding carboxylic acids is 1. The molecule has 0 aromatic carbocycles. The van der Waals surface area contributed by atoms with Crippen molar-refractivity contribution in [2.45, 2.75) is 39.0 Å². The van der Waals surface area contributed by atoms with Gasteiger partial charge in [0.2, 0.25) is 0 Å². The second kappa shape index (κ2) is 6.70. The van der Waals surface area contributed by atoms with Crippen LogP contribution in [0.15, 0.2) is 12.1 Å². The van der Waals surface area contributed by atoms with Gasteiger partial charge in [0.15, 0.2) is 0 Å². The number of aromatic nitrogens is 1. The Morgan fingerprint density at radius 1 is 1.50 bits per heavy atom. The summed E-state index contributed by atoms with van der Waals surface area (Å²) in [6, 6.07) is 3.60. The molecule has 1 fully saturated rings. The Labute approximate surface area is 120 Å². The fraction of sp³-hybridized carbons (Fsp3) is 0.600. The average molecular weight is 276 g/mol. The number of hydrazine groups is 1. The Hall–Kier alpha value is -1.62. The number of rotatable bonds is 6. The molecule has 0 radical (unpaired) electrons. The molecule has 1 heterocycles. The predicted octanol–water partition coefficient (Wildman–Crippen LogP) is 2.19. The molecule has 20 heavy (non-hydrogen) atoms. The van der Waals surface area contributed by atoms with Gasteiger partial charge in [0.25, 0.3) is 5.91 Å². The monoisotopic (exact) mass is 276 g/mol. The van der Waals surface area contributed by atoms with Crippen LogP contribution >= 0.6 is 0 Å². The van der Waals surface area contributed by atoms with Crippen molar-refractivity contribution in [3.05, 3.63) is 23.4 Å². The van der Waals surface area contributed by atoms with Crippen LogP contribution in [0.5, 0.6) is 0 Å². The summed E-state index contributed by atoms with van der Waals surface area (Å²) in [5.41, 5.74) is 4.11. The van der Waals surface area contributed by atoms with E-state index in [2.05, 4.69) is 17.3 Å². The topological polar surface area (TPSA) is 71.2 Å². The molecule has 1 aliphatic carbocycles. The van der Waals surface area contributed by atoms with Crippen LogP contribution in [0.25, 0.3) is 0 Å². The third kappa shape index (κ3) is 3.48. The molecule has 5 nitrogen and oxygen atoms in total. The fourth-order valence-electron chi connectivity index (χ4n) is 2.54. The smallest absolute Gasteiger partial charge is 0.253 e. The maximum Gasteiger partial charge on any atom is 0.253 e. The fourth-order valence-corrected chi connectivity index (χ4v) is 2.54. The number of anilines is 1. The summed E-state index contributed by atoms with van der Waals surface area (Å²) in [5, 5.41) is 0. The van der Waals surface area contributed by atoms with E-state index in [0.29, 0.717) is 17.3 Å². The van der Waals surface area contributed by atoms with Crippen LogP contribution in [-0.2, 0) is 6.42 Å². The molecule has 0 spiro atoms. The summed E-state index contributed by atoms with van der Waals surface area (Å²) in [6.07, 6.45) is 5.62. The lowest BCUT2D eigenvalue weighted by molar-refractivity contribution is 0.0745. The standard InChI is InChI=1S/C15H24N4O/c1-3-5-13-8-12(9-14(17-13)18-16)15(20)19(2)10-11-6-4-7-11/h8-9,11H,3-7,10,16H2,1-2H3,(H,17,18). The lowest BCUT2D eigenvalue weighted by Gasteiger charge is -2.30. The van der Waals surface area contributed by atoms with Crippen molar-refractivity contribution in [3.63, 3.8) is 0 Å². The van der Waals surface area contributed by atoms with E-state index in [1.54, 1.807) is 6.07 Å². The van der Waals surface area contributed by atoms with Gasteiger partial charge in [-0.25, -0.2) is 10.8 Å². The Morgan fingerprint density at radius 3 is 2.80 bits per heavy atom. The van der Waals surface area contributed by atoms with Crippen molar-refractivity contribution < 1.29 is 4.79 Å². The summed E-state index contributed by atoms with van der Waals surface area (Å²) in [7, 11) is 1.87. The summed E-state index contributed by atoms with van der Waals surface area (Å²) >= 11 is 0. The average Bonchev–Trinajstić information content (AvgIpc) is 2.41. The molecule has 110 valence electrons. The number of aryl methyl sites for hydroxylation is 1. The maximum absolute atomic E-state index is 12.5. The highest BCUT2D eigenvalue weighted by Gasteiger charge is 2.22. The van der Waals surface area contributed by atoms with Crippen molar-refractivity contribution >= 4 is 11.7 Å². The van der Waals surface area contributed by atoms with Gasteiger partial charge in [-0.2, -0.15) is 0 Å². The lowest BCUT2D eigenvalue weighted by Crippen LogP contribution is -2.34. The molecular weight excluding hydrogens is 252 g/mol. The third-order valence-corrected chi connectivity index (χ3v) is 3.88.